The molecule has 0 radical (unpaired) electrons. The number of hydrogen-bond acceptors (Lipinski definition) is 4. The van der Waals surface area contributed by atoms with Gasteiger partial charge in [-0.3, -0.25) is 14.6 Å². The molecule has 0 N–H and O–H groups in total. The van der Waals surface area contributed by atoms with Crippen molar-refractivity contribution in [1.29, 1.82) is 0 Å². The number of ether oxygens (including phenoxy) is 1. The summed E-state index contributed by atoms with van der Waals surface area (Å²) in [6.45, 7) is 2.39. The van der Waals surface area contributed by atoms with Gasteiger partial charge in [-0.25, -0.2) is 0 Å². The summed E-state index contributed by atoms with van der Waals surface area (Å²) in [7, 11) is 0. The molecule has 0 spiro atoms. The predicted molar refractivity (Wildman–Crippen MR) is 114 cm³/mol. The van der Waals surface area contributed by atoms with Gasteiger partial charge in [0.2, 0.25) is 11.8 Å². The number of hydrogen-bond donors (Lipinski definition) is 0. The largest absolute Gasteiger partial charge is 0.493 e. The minimum absolute atomic E-state index is 0.0653. The van der Waals surface area contributed by atoms with E-state index >= 15 is 0 Å². The number of piperidine rings is 1. The fourth-order valence-electron chi connectivity index (χ4n) is 4.53. The molecule has 1 aromatic heterocycles. The summed E-state index contributed by atoms with van der Waals surface area (Å²) in [6.07, 6.45) is 7.63. The molecule has 0 bridgehead atoms. The van der Waals surface area contributed by atoms with Crippen LogP contribution in [0.1, 0.15) is 43.7 Å². The number of carbonyl (C=O) groups is 2. The van der Waals surface area contributed by atoms with E-state index in [9.17, 15) is 9.59 Å². The summed E-state index contributed by atoms with van der Waals surface area (Å²) in [5.41, 5.74) is 1.15. The quantitative estimate of drug-likeness (QED) is 0.736. The van der Waals surface area contributed by atoms with Crippen molar-refractivity contribution >= 4 is 11.8 Å². The van der Waals surface area contributed by atoms with E-state index in [1.165, 1.54) is 0 Å². The van der Waals surface area contributed by atoms with Crippen LogP contribution in [0, 0.1) is 5.92 Å². The second kappa shape index (κ2) is 9.74. The van der Waals surface area contributed by atoms with Gasteiger partial charge in [0.15, 0.2) is 0 Å². The van der Waals surface area contributed by atoms with Gasteiger partial charge < -0.3 is 14.5 Å². The second-order valence-corrected chi connectivity index (χ2v) is 8.06. The molecule has 6 heteroatoms. The lowest BCUT2D eigenvalue weighted by Gasteiger charge is -2.35. The Balaban J connectivity index is 1.31. The van der Waals surface area contributed by atoms with Gasteiger partial charge in [0.25, 0.3) is 0 Å². The van der Waals surface area contributed by atoms with Crippen LogP contribution in [0.3, 0.4) is 0 Å². The van der Waals surface area contributed by atoms with Crippen molar-refractivity contribution in [2.45, 2.75) is 38.1 Å². The van der Waals surface area contributed by atoms with Crippen molar-refractivity contribution in [3.8, 4) is 5.75 Å². The Morgan fingerprint density at radius 2 is 1.77 bits per heavy atom. The maximum absolute atomic E-state index is 13.3. The Labute approximate surface area is 177 Å². The standard InChI is InChI=1S/C24H29N3O3/c28-23(12-17-30-21-7-2-1-3-8-21)26-15-4-6-20(18-26)24(29)27-16-5-9-22(27)19-10-13-25-14-11-19/h1-3,7-8,10-11,13-14,20,22H,4-6,9,12,15-18H2. The van der Waals surface area contributed by atoms with Gasteiger partial charge >= 0.3 is 0 Å². The number of amides is 2. The first-order valence-corrected chi connectivity index (χ1v) is 10.9. The zero-order chi connectivity index (χ0) is 20.8. The number of pyridine rings is 1. The third-order valence-corrected chi connectivity index (χ3v) is 6.08. The third kappa shape index (κ3) is 4.81. The first kappa shape index (κ1) is 20.4. The number of para-hydroxylation sites is 1. The van der Waals surface area contributed by atoms with E-state index in [2.05, 4.69) is 4.98 Å². The van der Waals surface area contributed by atoms with Crippen LogP contribution in [0.2, 0.25) is 0 Å². The van der Waals surface area contributed by atoms with Crippen LogP contribution in [0.15, 0.2) is 54.9 Å². The SMILES string of the molecule is O=C(CCOc1ccccc1)N1CCCC(C(=O)N2CCCC2c2ccncc2)C1. The summed E-state index contributed by atoms with van der Waals surface area (Å²) < 4.78 is 5.66. The number of aromatic nitrogens is 1. The lowest BCUT2D eigenvalue weighted by Crippen LogP contribution is -2.46. The second-order valence-electron chi connectivity index (χ2n) is 8.06. The van der Waals surface area contributed by atoms with Crippen LogP contribution < -0.4 is 4.74 Å². The molecule has 0 aliphatic carbocycles. The normalized spacial score (nSPS) is 21.5. The number of rotatable bonds is 6. The molecule has 0 saturated carbocycles. The highest BCUT2D eigenvalue weighted by Gasteiger charge is 2.36. The summed E-state index contributed by atoms with van der Waals surface area (Å²) in [5, 5.41) is 0. The summed E-state index contributed by atoms with van der Waals surface area (Å²) in [5.74, 6) is 0.913. The molecular formula is C24H29N3O3. The van der Waals surface area contributed by atoms with Gasteiger partial charge in [-0.2, -0.15) is 0 Å². The van der Waals surface area contributed by atoms with Crippen LogP contribution in [0.4, 0.5) is 0 Å². The molecule has 3 heterocycles. The number of benzene rings is 1. The van der Waals surface area contributed by atoms with E-state index in [0.717, 1.165) is 50.1 Å². The van der Waals surface area contributed by atoms with E-state index in [1.807, 2.05) is 52.3 Å². The topological polar surface area (TPSA) is 62.7 Å². The summed E-state index contributed by atoms with van der Waals surface area (Å²) >= 11 is 0. The first-order valence-electron chi connectivity index (χ1n) is 10.9. The van der Waals surface area contributed by atoms with E-state index in [1.54, 1.807) is 12.4 Å². The Bertz CT molecular complexity index is 843. The molecule has 6 nitrogen and oxygen atoms in total. The molecule has 2 saturated heterocycles. The van der Waals surface area contributed by atoms with Crippen LogP contribution in [0.25, 0.3) is 0 Å². The highest BCUT2D eigenvalue weighted by molar-refractivity contribution is 5.82. The maximum Gasteiger partial charge on any atom is 0.227 e. The van der Waals surface area contributed by atoms with Gasteiger partial charge in [0.05, 0.1) is 25.0 Å². The van der Waals surface area contributed by atoms with Crippen LogP contribution >= 0.6 is 0 Å². The van der Waals surface area contributed by atoms with Gasteiger partial charge in [0.1, 0.15) is 5.75 Å². The van der Waals surface area contributed by atoms with Crippen LogP contribution in [0.5, 0.6) is 5.75 Å². The lowest BCUT2D eigenvalue weighted by atomic mass is 9.95. The lowest BCUT2D eigenvalue weighted by molar-refractivity contribution is -0.141. The molecule has 4 rings (SSSR count). The van der Waals surface area contributed by atoms with Crippen molar-refractivity contribution in [2.24, 2.45) is 5.92 Å². The average molecular weight is 408 g/mol. The van der Waals surface area contributed by atoms with Crippen molar-refractivity contribution < 1.29 is 14.3 Å². The fourth-order valence-corrected chi connectivity index (χ4v) is 4.53. The highest BCUT2D eigenvalue weighted by Crippen LogP contribution is 2.34. The number of nitrogens with zero attached hydrogens (tertiary/aromatic N) is 3. The Hall–Kier alpha value is -2.89. The molecule has 30 heavy (non-hydrogen) atoms. The maximum atomic E-state index is 13.3. The van der Waals surface area contributed by atoms with Crippen LogP contribution in [-0.2, 0) is 9.59 Å². The first-order chi connectivity index (χ1) is 14.7. The molecule has 2 aliphatic heterocycles. The number of carbonyl (C=O) groups excluding carboxylic acids is 2. The number of likely N-dealkylation sites (tertiary alicyclic amines) is 2. The zero-order valence-corrected chi connectivity index (χ0v) is 17.3. The van der Waals surface area contributed by atoms with Crippen LogP contribution in [-0.4, -0.2) is 52.8 Å². The average Bonchev–Trinajstić information content (AvgIpc) is 3.30. The molecule has 2 amide bonds. The van der Waals surface area contributed by atoms with Crippen molar-refractivity contribution in [1.82, 2.24) is 14.8 Å². The third-order valence-electron chi connectivity index (χ3n) is 6.08. The van der Waals surface area contributed by atoms with Gasteiger partial charge in [-0.1, -0.05) is 18.2 Å². The van der Waals surface area contributed by atoms with E-state index < -0.39 is 0 Å². The monoisotopic (exact) mass is 407 g/mol. The minimum Gasteiger partial charge on any atom is -0.493 e. The predicted octanol–water partition coefficient (Wildman–Crippen LogP) is 3.45. The fraction of sp³-hybridized carbons (Fsp3) is 0.458. The zero-order valence-electron chi connectivity index (χ0n) is 17.3. The van der Waals surface area contributed by atoms with Gasteiger partial charge in [-0.15, -0.1) is 0 Å². The molecule has 2 atom stereocenters. The van der Waals surface area contributed by atoms with Gasteiger partial charge in [-0.05, 0) is 55.5 Å². The van der Waals surface area contributed by atoms with Crippen molar-refractivity contribution in [3.05, 3.63) is 60.4 Å². The molecule has 2 fully saturated rings. The molecule has 1 aromatic carbocycles. The van der Waals surface area contributed by atoms with E-state index in [0.29, 0.717) is 19.6 Å². The Morgan fingerprint density at radius 1 is 1.00 bits per heavy atom. The minimum atomic E-state index is -0.111. The molecule has 2 aromatic rings. The van der Waals surface area contributed by atoms with E-state index in [-0.39, 0.29) is 23.8 Å². The Morgan fingerprint density at radius 3 is 2.57 bits per heavy atom. The molecule has 2 aliphatic rings. The van der Waals surface area contributed by atoms with Crippen molar-refractivity contribution in [2.75, 3.05) is 26.2 Å². The summed E-state index contributed by atoms with van der Waals surface area (Å²) in [6, 6.07) is 13.7. The molecular weight excluding hydrogens is 378 g/mol. The smallest absolute Gasteiger partial charge is 0.227 e. The van der Waals surface area contributed by atoms with Gasteiger partial charge in [0, 0.05) is 32.0 Å². The van der Waals surface area contributed by atoms with E-state index in [4.69, 9.17) is 4.74 Å². The molecule has 158 valence electrons. The van der Waals surface area contributed by atoms with Crippen molar-refractivity contribution in [3.63, 3.8) is 0 Å². The molecule has 2 unspecified atom stereocenters. The highest BCUT2D eigenvalue weighted by atomic mass is 16.5. The summed E-state index contributed by atoms with van der Waals surface area (Å²) in [4.78, 5) is 33.9. The Kier molecular flexibility index (Phi) is 6.62.